The van der Waals surface area contributed by atoms with Gasteiger partial charge in [0.15, 0.2) is 8.07 Å². The van der Waals surface area contributed by atoms with Crippen LogP contribution in [0.5, 0.6) is 5.75 Å². The molecule has 0 saturated carbocycles. The van der Waals surface area contributed by atoms with Gasteiger partial charge in [0.2, 0.25) is 0 Å². The van der Waals surface area contributed by atoms with Gasteiger partial charge in [-0.25, -0.2) is 0 Å². The van der Waals surface area contributed by atoms with Gasteiger partial charge >= 0.3 is 0 Å². The molecule has 0 N–H and O–H groups in total. The number of rotatable bonds is 13. The summed E-state index contributed by atoms with van der Waals surface area (Å²) in [5.74, 6) is 2.87. The van der Waals surface area contributed by atoms with Gasteiger partial charge in [-0.15, -0.1) is 6.58 Å². The Bertz CT molecular complexity index is 1110. The Morgan fingerprint density at radius 2 is 1.15 bits per heavy atom. The molecule has 3 aromatic carbocycles. The second-order valence-electron chi connectivity index (χ2n) is 14.5. The largest absolute Gasteiger partial charge is 0.493 e. The zero-order chi connectivity index (χ0) is 29.4. The van der Waals surface area contributed by atoms with Gasteiger partial charge in [0, 0.05) is 0 Å². The summed E-state index contributed by atoms with van der Waals surface area (Å²) >= 11 is 0. The van der Waals surface area contributed by atoms with Crippen molar-refractivity contribution in [1.82, 2.24) is 0 Å². The Balaban J connectivity index is 1.81. The molecule has 0 aromatic heterocycles. The first-order valence-corrected chi connectivity index (χ1v) is 17.4. The molecule has 3 rings (SSSR count). The fraction of sp³-hybridized carbons (Fsp3) is 0.474. The monoisotopic (exact) mass is 554 g/mol. The predicted molar refractivity (Wildman–Crippen MR) is 179 cm³/mol. The molecule has 40 heavy (non-hydrogen) atoms. The van der Waals surface area contributed by atoms with Gasteiger partial charge in [0.25, 0.3) is 0 Å². The summed E-state index contributed by atoms with van der Waals surface area (Å²) < 4.78 is 6.54. The standard InChI is InChI=1S/C38H54OSi/c1-10-40(34-17-13-11-14-18-34,35-19-15-12-16-20-35)36-25-23-33(24-26-36)39-29-32(31(3)28-38(7,8)9)22-21-30(2)27-37(4,5)6/h10-20,23-26,30-32H,1,21-22,27-29H2,2-9H3. The highest BCUT2D eigenvalue weighted by atomic mass is 28.3. The maximum absolute atomic E-state index is 6.54. The lowest BCUT2D eigenvalue weighted by molar-refractivity contribution is 0.147. The zero-order valence-electron chi connectivity index (χ0n) is 26.5. The van der Waals surface area contributed by atoms with Gasteiger partial charge in [-0.3, -0.25) is 0 Å². The van der Waals surface area contributed by atoms with Crippen LogP contribution in [0, 0.1) is 28.6 Å². The van der Waals surface area contributed by atoms with Crippen molar-refractivity contribution in [2.75, 3.05) is 6.61 Å². The molecule has 0 aliphatic rings. The predicted octanol–water partition coefficient (Wildman–Crippen LogP) is 8.80. The fourth-order valence-electron chi connectivity index (χ4n) is 6.58. The SMILES string of the molecule is C=C[Si](c1ccccc1)(c1ccccc1)c1ccc(OCC(CCC(C)CC(C)(C)C)C(C)CC(C)(C)C)cc1. The van der Waals surface area contributed by atoms with Gasteiger partial charge < -0.3 is 4.74 Å². The molecular formula is C38H54OSi. The number of benzene rings is 3. The van der Waals surface area contributed by atoms with Gasteiger partial charge in [0.1, 0.15) is 5.75 Å². The van der Waals surface area contributed by atoms with Crippen molar-refractivity contribution in [2.24, 2.45) is 28.6 Å². The molecular weight excluding hydrogens is 501 g/mol. The highest BCUT2D eigenvalue weighted by Crippen LogP contribution is 2.34. The fourth-order valence-corrected chi connectivity index (χ4v) is 10.4. The molecule has 1 nitrogen and oxygen atoms in total. The normalized spacial score (nSPS) is 14.8. The molecule has 216 valence electrons. The Labute approximate surface area is 247 Å². The van der Waals surface area contributed by atoms with E-state index < -0.39 is 8.07 Å². The van der Waals surface area contributed by atoms with Crippen LogP contribution in [-0.4, -0.2) is 14.7 Å². The summed E-state index contributed by atoms with van der Waals surface area (Å²) in [6.07, 6.45) is 4.98. The van der Waals surface area contributed by atoms with Crippen LogP contribution in [0.1, 0.15) is 81.1 Å². The quantitative estimate of drug-likeness (QED) is 0.151. The van der Waals surface area contributed by atoms with Crippen molar-refractivity contribution >= 4 is 23.6 Å². The molecule has 3 aromatic rings. The van der Waals surface area contributed by atoms with Gasteiger partial charge in [0.05, 0.1) is 6.61 Å². The van der Waals surface area contributed by atoms with Crippen LogP contribution >= 0.6 is 0 Å². The lowest BCUT2D eigenvalue weighted by atomic mass is 9.76. The maximum atomic E-state index is 6.54. The topological polar surface area (TPSA) is 9.23 Å². The van der Waals surface area contributed by atoms with E-state index in [9.17, 15) is 0 Å². The Hall–Kier alpha value is -2.58. The van der Waals surface area contributed by atoms with E-state index in [-0.39, 0.29) is 0 Å². The molecule has 0 radical (unpaired) electrons. The van der Waals surface area contributed by atoms with Gasteiger partial charge in [-0.2, -0.15) is 0 Å². The van der Waals surface area contributed by atoms with Crippen LogP contribution in [0.2, 0.25) is 0 Å². The third-order valence-electron chi connectivity index (χ3n) is 8.27. The van der Waals surface area contributed by atoms with E-state index in [1.165, 1.54) is 41.2 Å². The van der Waals surface area contributed by atoms with E-state index in [0.29, 0.717) is 22.7 Å². The molecule has 2 heteroatoms. The minimum Gasteiger partial charge on any atom is -0.493 e. The first kappa shape index (κ1) is 31.9. The maximum Gasteiger partial charge on any atom is 0.171 e. The van der Waals surface area contributed by atoms with E-state index in [1.54, 1.807) is 0 Å². The minimum atomic E-state index is -2.35. The van der Waals surface area contributed by atoms with Crippen molar-refractivity contribution in [3.8, 4) is 5.75 Å². The molecule has 0 saturated heterocycles. The molecule has 0 heterocycles. The van der Waals surface area contributed by atoms with Crippen molar-refractivity contribution in [3.63, 3.8) is 0 Å². The van der Waals surface area contributed by atoms with Crippen molar-refractivity contribution < 1.29 is 4.74 Å². The summed E-state index contributed by atoms with van der Waals surface area (Å²) in [6.45, 7) is 24.2. The zero-order valence-corrected chi connectivity index (χ0v) is 27.5. The molecule has 0 bridgehead atoms. The van der Waals surface area contributed by atoms with Crippen molar-refractivity contribution in [2.45, 2.75) is 81.1 Å². The summed E-state index contributed by atoms with van der Waals surface area (Å²) in [5.41, 5.74) is 2.92. The molecule has 3 unspecified atom stereocenters. The lowest BCUT2D eigenvalue weighted by Gasteiger charge is -2.32. The highest BCUT2D eigenvalue weighted by molar-refractivity contribution is 7.14. The van der Waals surface area contributed by atoms with Crippen molar-refractivity contribution in [3.05, 3.63) is 97.2 Å². The Morgan fingerprint density at radius 1 is 0.675 bits per heavy atom. The smallest absolute Gasteiger partial charge is 0.171 e. The van der Waals surface area contributed by atoms with Crippen LogP contribution in [0.15, 0.2) is 97.2 Å². The Kier molecular flexibility index (Phi) is 11.1. The first-order valence-electron chi connectivity index (χ1n) is 15.3. The van der Waals surface area contributed by atoms with E-state index in [2.05, 4.69) is 153 Å². The third kappa shape index (κ3) is 8.96. The molecule has 0 fully saturated rings. The average molecular weight is 555 g/mol. The van der Waals surface area contributed by atoms with Gasteiger partial charge in [-0.1, -0.05) is 140 Å². The molecule has 3 atom stereocenters. The summed E-state index contributed by atoms with van der Waals surface area (Å²) in [4.78, 5) is 0. The summed E-state index contributed by atoms with van der Waals surface area (Å²) in [7, 11) is -2.35. The first-order chi connectivity index (χ1) is 18.8. The van der Waals surface area contributed by atoms with Crippen LogP contribution in [0.3, 0.4) is 0 Å². The number of hydrogen-bond acceptors (Lipinski definition) is 1. The van der Waals surface area contributed by atoms with E-state index in [0.717, 1.165) is 18.3 Å². The van der Waals surface area contributed by atoms with Crippen molar-refractivity contribution in [1.29, 1.82) is 0 Å². The number of hydrogen-bond donors (Lipinski definition) is 0. The lowest BCUT2D eigenvalue weighted by Crippen LogP contribution is -2.65. The van der Waals surface area contributed by atoms with Crippen LogP contribution in [-0.2, 0) is 0 Å². The summed E-state index contributed by atoms with van der Waals surface area (Å²) in [5, 5.41) is 4.04. The van der Waals surface area contributed by atoms with Crippen LogP contribution in [0.25, 0.3) is 0 Å². The van der Waals surface area contributed by atoms with Gasteiger partial charge in [-0.05, 0) is 75.5 Å². The average Bonchev–Trinajstić information content (AvgIpc) is 2.89. The summed E-state index contributed by atoms with van der Waals surface area (Å²) in [6, 6.07) is 30.7. The van der Waals surface area contributed by atoms with Crippen LogP contribution in [0.4, 0.5) is 0 Å². The molecule has 0 aliphatic heterocycles. The number of ether oxygens (including phenoxy) is 1. The molecule has 0 amide bonds. The molecule has 0 spiro atoms. The minimum absolute atomic E-state index is 0.323. The second-order valence-corrected chi connectivity index (χ2v) is 18.3. The Morgan fingerprint density at radius 3 is 1.60 bits per heavy atom. The molecule has 0 aliphatic carbocycles. The second kappa shape index (κ2) is 13.9. The van der Waals surface area contributed by atoms with E-state index >= 15 is 0 Å². The van der Waals surface area contributed by atoms with Crippen LogP contribution < -0.4 is 20.3 Å². The highest BCUT2D eigenvalue weighted by Gasteiger charge is 2.36. The third-order valence-corrected chi connectivity index (χ3v) is 12.6. The van der Waals surface area contributed by atoms with E-state index in [4.69, 9.17) is 4.74 Å². The van der Waals surface area contributed by atoms with E-state index in [1.807, 2.05) is 0 Å².